The molecule has 1 atom stereocenters. The van der Waals surface area contributed by atoms with Gasteiger partial charge in [-0.25, -0.2) is 0 Å². The van der Waals surface area contributed by atoms with Gasteiger partial charge in [-0.2, -0.15) is 0 Å². The first-order valence-corrected chi connectivity index (χ1v) is 8.97. The van der Waals surface area contributed by atoms with E-state index in [4.69, 9.17) is 9.47 Å². The highest BCUT2D eigenvalue weighted by molar-refractivity contribution is 5.87. The number of rotatable bonds is 4. The molecule has 8 nitrogen and oxygen atoms in total. The number of para-hydroxylation sites is 1. The van der Waals surface area contributed by atoms with E-state index in [-0.39, 0.29) is 22.7 Å². The maximum Gasteiger partial charge on any atom is 0.317 e. The number of nitrogens with one attached hydrogen (secondary N) is 1. The molecule has 1 N–H and O–H groups in total. The maximum absolute atomic E-state index is 13.3. The smallest absolute Gasteiger partial charge is 0.317 e. The summed E-state index contributed by atoms with van der Waals surface area (Å²) in [5.41, 5.74) is 0.973. The normalized spacial score (nSPS) is 15.6. The van der Waals surface area contributed by atoms with Gasteiger partial charge < -0.3 is 19.4 Å². The fourth-order valence-corrected chi connectivity index (χ4v) is 3.77. The highest BCUT2D eigenvalue weighted by Crippen LogP contribution is 2.44. The number of methoxy groups -OCH3 is 1. The Morgan fingerprint density at radius 1 is 1.17 bits per heavy atom. The van der Waals surface area contributed by atoms with E-state index in [0.717, 1.165) is 0 Å². The molecule has 8 heteroatoms. The second-order valence-electron chi connectivity index (χ2n) is 6.65. The number of pyridine rings is 1. The van der Waals surface area contributed by atoms with Gasteiger partial charge in [-0.1, -0.05) is 24.3 Å². The van der Waals surface area contributed by atoms with E-state index < -0.39 is 10.8 Å². The number of aryl methyl sites for hydroxylation is 1. The van der Waals surface area contributed by atoms with Crippen molar-refractivity contribution < 1.29 is 14.4 Å². The fraction of sp³-hybridized carbons (Fsp3) is 0.190. The molecule has 1 aliphatic heterocycles. The van der Waals surface area contributed by atoms with E-state index in [1.165, 1.54) is 4.57 Å². The predicted octanol–water partition coefficient (Wildman–Crippen LogP) is 2.74. The second kappa shape index (κ2) is 6.97. The summed E-state index contributed by atoms with van der Waals surface area (Å²) in [7, 11) is 4.75. The van der Waals surface area contributed by atoms with Gasteiger partial charge in [-0.3, -0.25) is 14.9 Å². The molecular weight excluding hydrogens is 374 g/mol. The molecule has 0 fully saturated rings. The predicted molar refractivity (Wildman–Crippen MR) is 108 cm³/mol. The van der Waals surface area contributed by atoms with Gasteiger partial charge in [0.05, 0.1) is 23.1 Å². The number of nitro groups is 1. The van der Waals surface area contributed by atoms with E-state index >= 15 is 0 Å². The summed E-state index contributed by atoms with van der Waals surface area (Å²) < 4.78 is 12.6. The molecule has 0 radical (unpaired) electrons. The average Bonchev–Trinajstić information content (AvgIpc) is 2.76. The molecule has 0 bridgehead atoms. The summed E-state index contributed by atoms with van der Waals surface area (Å²) in [5, 5.41) is 15.5. The molecule has 1 aliphatic rings. The van der Waals surface area contributed by atoms with Crippen LogP contribution in [0.4, 0.5) is 0 Å². The van der Waals surface area contributed by atoms with Crippen molar-refractivity contribution in [3.05, 3.63) is 91.7 Å². The number of fused-ring (bicyclic) bond motifs is 3. The first-order valence-electron chi connectivity index (χ1n) is 8.97. The zero-order chi connectivity index (χ0) is 20.7. The van der Waals surface area contributed by atoms with Crippen LogP contribution in [0.25, 0.3) is 10.9 Å². The van der Waals surface area contributed by atoms with Crippen LogP contribution in [0.15, 0.2) is 64.9 Å². The van der Waals surface area contributed by atoms with Crippen molar-refractivity contribution in [1.82, 2.24) is 9.88 Å². The highest BCUT2D eigenvalue weighted by Gasteiger charge is 2.42. The zero-order valence-corrected chi connectivity index (χ0v) is 16.1. The van der Waals surface area contributed by atoms with E-state index in [2.05, 4.69) is 5.32 Å². The number of nitrogens with zero attached hydrogens (tertiary/aromatic N) is 2. The van der Waals surface area contributed by atoms with Crippen LogP contribution in [-0.2, 0) is 7.05 Å². The van der Waals surface area contributed by atoms with Gasteiger partial charge in [-0.15, -0.1) is 0 Å². The third-order valence-electron chi connectivity index (χ3n) is 5.16. The average molecular weight is 393 g/mol. The fourth-order valence-electron chi connectivity index (χ4n) is 3.77. The van der Waals surface area contributed by atoms with Gasteiger partial charge in [0.1, 0.15) is 17.4 Å². The number of aromatic nitrogens is 1. The van der Waals surface area contributed by atoms with Crippen molar-refractivity contribution >= 4 is 10.9 Å². The molecule has 29 heavy (non-hydrogen) atoms. The summed E-state index contributed by atoms with van der Waals surface area (Å²) in [4.78, 5) is 24.8. The summed E-state index contributed by atoms with van der Waals surface area (Å²) in [6, 6.07) is 14.2. The minimum absolute atomic E-state index is 0.0155. The molecule has 0 spiro atoms. The summed E-state index contributed by atoms with van der Waals surface area (Å²) in [6.07, 6.45) is 0. The monoisotopic (exact) mass is 393 g/mol. The Bertz CT molecular complexity index is 1210. The van der Waals surface area contributed by atoms with Crippen molar-refractivity contribution in [3.63, 3.8) is 0 Å². The van der Waals surface area contributed by atoms with E-state index in [0.29, 0.717) is 28.0 Å². The molecule has 1 unspecified atom stereocenters. The standard InChI is InChI=1S/C21H19N3O5/c1-22-20-18(24(26)27)16(12-8-10-13(28-3)11-9-12)17-19(29-20)14-6-4-5-7-15(14)23(2)21(17)25/h4-11,16,22H,1-3H3. The third-order valence-corrected chi connectivity index (χ3v) is 5.16. The van der Waals surface area contributed by atoms with Crippen LogP contribution >= 0.6 is 0 Å². The van der Waals surface area contributed by atoms with E-state index in [1.54, 1.807) is 45.5 Å². The minimum Gasteiger partial charge on any atom is -0.497 e. The summed E-state index contributed by atoms with van der Waals surface area (Å²) >= 11 is 0. The Balaban J connectivity index is 2.10. The Morgan fingerprint density at radius 3 is 2.48 bits per heavy atom. The van der Waals surface area contributed by atoms with Crippen LogP contribution in [0.1, 0.15) is 17.0 Å². The lowest BCUT2D eigenvalue weighted by Crippen LogP contribution is -2.34. The highest BCUT2D eigenvalue weighted by atomic mass is 16.6. The first kappa shape index (κ1) is 18.5. The maximum atomic E-state index is 13.3. The number of hydrogen-bond donors (Lipinski definition) is 1. The largest absolute Gasteiger partial charge is 0.497 e. The lowest BCUT2D eigenvalue weighted by Gasteiger charge is -2.27. The van der Waals surface area contributed by atoms with Gasteiger partial charge in [0.25, 0.3) is 11.4 Å². The Morgan fingerprint density at radius 2 is 1.86 bits per heavy atom. The molecule has 0 amide bonds. The van der Waals surface area contributed by atoms with Gasteiger partial charge in [0.2, 0.25) is 0 Å². The van der Waals surface area contributed by atoms with Crippen LogP contribution in [0.3, 0.4) is 0 Å². The Hall–Kier alpha value is -3.81. The lowest BCUT2D eigenvalue weighted by atomic mass is 9.86. The van der Waals surface area contributed by atoms with Gasteiger partial charge in [0, 0.05) is 19.5 Å². The van der Waals surface area contributed by atoms with Gasteiger partial charge in [-0.05, 0) is 29.8 Å². The molecule has 4 rings (SSSR count). The lowest BCUT2D eigenvalue weighted by molar-refractivity contribution is -0.432. The molecule has 0 aliphatic carbocycles. The van der Waals surface area contributed by atoms with Gasteiger partial charge in [0.15, 0.2) is 0 Å². The Kier molecular flexibility index (Phi) is 4.46. The van der Waals surface area contributed by atoms with Crippen molar-refractivity contribution in [2.45, 2.75) is 5.92 Å². The quantitative estimate of drug-likeness (QED) is 0.541. The van der Waals surface area contributed by atoms with Crippen molar-refractivity contribution in [3.8, 4) is 11.5 Å². The van der Waals surface area contributed by atoms with Crippen LogP contribution in [-0.4, -0.2) is 23.6 Å². The second-order valence-corrected chi connectivity index (χ2v) is 6.65. The molecule has 2 aromatic carbocycles. The SMILES string of the molecule is CNC1=C([N+](=O)[O-])C(c2ccc(OC)cc2)c2c(c3ccccc3n(C)c2=O)O1. The molecular formula is C21H19N3O5. The van der Waals surface area contributed by atoms with Crippen LogP contribution < -0.4 is 20.3 Å². The molecule has 2 heterocycles. The zero-order valence-electron chi connectivity index (χ0n) is 16.1. The number of allylic oxidation sites excluding steroid dienone is 1. The van der Waals surface area contributed by atoms with Gasteiger partial charge >= 0.3 is 5.70 Å². The third kappa shape index (κ3) is 2.80. The van der Waals surface area contributed by atoms with Crippen molar-refractivity contribution in [2.75, 3.05) is 14.2 Å². The van der Waals surface area contributed by atoms with E-state index in [1.807, 2.05) is 24.3 Å². The Labute approximate surface area is 166 Å². The molecule has 0 saturated carbocycles. The molecule has 148 valence electrons. The molecule has 1 aromatic heterocycles. The number of benzene rings is 2. The van der Waals surface area contributed by atoms with E-state index in [9.17, 15) is 14.9 Å². The van der Waals surface area contributed by atoms with Crippen LogP contribution in [0.2, 0.25) is 0 Å². The van der Waals surface area contributed by atoms with Crippen LogP contribution in [0, 0.1) is 10.1 Å². The van der Waals surface area contributed by atoms with Crippen molar-refractivity contribution in [1.29, 1.82) is 0 Å². The topological polar surface area (TPSA) is 95.6 Å². The summed E-state index contributed by atoms with van der Waals surface area (Å²) in [5.74, 6) is 0.0690. The summed E-state index contributed by atoms with van der Waals surface area (Å²) in [6.45, 7) is 0. The first-order chi connectivity index (χ1) is 14.0. The minimum atomic E-state index is -0.898. The van der Waals surface area contributed by atoms with Crippen LogP contribution in [0.5, 0.6) is 11.5 Å². The molecule has 3 aromatic rings. The molecule has 0 saturated heterocycles. The number of hydrogen-bond acceptors (Lipinski definition) is 6. The number of ether oxygens (including phenoxy) is 2. The van der Waals surface area contributed by atoms with Crippen molar-refractivity contribution in [2.24, 2.45) is 7.05 Å².